The molecule has 60 valence electrons. The van der Waals surface area contributed by atoms with Crippen molar-refractivity contribution in [3.8, 4) is 0 Å². The fraction of sp³-hybridized carbons (Fsp3) is 0.333. The van der Waals surface area contributed by atoms with Crippen LogP contribution in [-0.2, 0) is 6.54 Å². The van der Waals surface area contributed by atoms with E-state index in [2.05, 4.69) is 21.0 Å². The second-order valence-electron chi connectivity index (χ2n) is 1.99. The summed E-state index contributed by atoms with van der Waals surface area (Å²) in [6.45, 7) is 2.57. The SMILES string of the molecule is CCn1cc(C(=O)O)c(Br)n1. The van der Waals surface area contributed by atoms with Crippen LogP contribution in [0.4, 0.5) is 0 Å². The van der Waals surface area contributed by atoms with E-state index in [0.29, 0.717) is 11.1 Å². The maximum Gasteiger partial charge on any atom is 0.340 e. The van der Waals surface area contributed by atoms with Crippen LogP contribution < -0.4 is 0 Å². The predicted molar refractivity (Wildman–Crippen MR) is 42.6 cm³/mol. The van der Waals surface area contributed by atoms with E-state index >= 15 is 0 Å². The third kappa shape index (κ3) is 1.59. The molecule has 1 aromatic rings. The number of carbonyl (C=O) groups is 1. The number of nitrogens with zero attached hydrogens (tertiary/aromatic N) is 2. The van der Waals surface area contributed by atoms with Crippen molar-refractivity contribution >= 4 is 21.9 Å². The van der Waals surface area contributed by atoms with Gasteiger partial charge in [0.2, 0.25) is 0 Å². The minimum atomic E-state index is -0.962. The van der Waals surface area contributed by atoms with Crippen molar-refractivity contribution in [2.45, 2.75) is 13.5 Å². The first-order valence-corrected chi connectivity index (χ1v) is 3.90. The van der Waals surface area contributed by atoms with Gasteiger partial charge >= 0.3 is 5.97 Å². The molecule has 0 aliphatic carbocycles. The molecule has 0 aliphatic rings. The Labute approximate surface area is 72.0 Å². The Morgan fingerprint density at radius 2 is 2.55 bits per heavy atom. The first kappa shape index (κ1) is 8.26. The Morgan fingerprint density at radius 1 is 1.91 bits per heavy atom. The lowest BCUT2D eigenvalue weighted by Crippen LogP contribution is -1.95. The van der Waals surface area contributed by atoms with Gasteiger partial charge in [-0.3, -0.25) is 4.68 Å². The van der Waals surface area contributed by atoms with Crippen LogP contribution >= 0.6 is 15.9 Å². The van der Waals surface area contributed by atoms with Crippen LogP contribution in [0.5, 0.6) is 0 Å². The molecule has 1 heterocycles. The van der Waals surface area contributed by atoms with Crippen LogP contribution in [0, 0.1) is 0 Å². The molecule has 0 unspecified atom stereocenters. The lowest BCUT2D eigenvalue weighted by Gasteiger charge is -1.88. The van der Waals surface area contributed by atoms with Gasteiger partial charge in [-0.2, -0.15) is 5.10 Å². The molecule has 0 aromatic carbocycles. The van der Waals surface area contributed by atoms with Gasteiger partial charge in [-0.15, -0.1) is 0 Å². The van der Waals surface area contributed by atoms with E-state index in [-0.39, 0.29) is 5.56 Å². The number of hydrogen-bond acceptors (Lipinski definition) is 2. The molecule has 0 amide bonds. The van der Waals surface area contributed by atoms with E-state index in [0.717, 1.165) is 0 Å². The number of aromatic nitrogens is 2. The van der Waals surface area contributed by atoms with E-state index in [1.807, 2.05) is 6.92 Å². The molecule has 0 spiro atoms. The predicted octanol–water partition coefficient (Wildman–Crippen LogP) is 1.36. The first-order chi connectivity index (χ1) is 5.15. The zero-order valence-corrected chi connectivity index (χ0v) is 7.50. The van der Waals surface area contributed by atoms with E-state index < -0.39 is 5.97 Å². The summed E-state index contributed by atoms with van der Waals surface area (Å²) < 4.78 is 1.94. The Balaban J connectivity index is 3.07. The van der Waals surface area contributed by atoms with Crippen LogP contribution in [0.3, 0.4) is 0 Å². The Morgan fingerprint density at radius 3 is 2.82 bits per heavy atom. The quantitative estimate of drug-likeness (QED) is 0.816. The van der Waals surface area contributed by atoms with Gasteiger partial charge < -0.3 is 5.11 Å². The highest BCUT2D eigenvalue weighted by atomic mass is 79.9. The fourth-order valence-electron chi connectivity index (χ4n) is 0.703. The van der Waals surface area contributed by atoms with Gasteiger partial charge in [-0.25, -0.2) is 4.79 Å². The van der Waals surface area contributed by atoms with Gasteiger partial charge in [-0.05, 0) is 22.9 Å². The molecule has 0 saturated heterocycles. The van der Waals surface area contributed by atoms with Gasteiger partial charge in [0.25, 0.3) is 0 Å². The van der Waals surface area contributed by atoms with E-state index in [4.69, 9.17) is 5.11 Å². The molecule has 4 nitrogen and oxygen atoms in total. The maximum atomic E-state index is 10.5. The third-order valence-corrected chi connectivity index (χ3v) is 1.86. The number of aryl methyl sites for hydroxylation is 1. The summed E-state index contributed by atoms with van der Waals surface area (Å²) in [7, 11) is 0. The number of halogens is 1. The summed E-state index contributed by atoms with van der Waals surface area (Å²) in [6.07, 6.45) is 1.49. The minimum absolute atomic E-state index is 0.201. The lowest BCUT2D eigenvalue weighted by atomic mass is 10.4. The number of rotatable bonds is 2. The summed E-state index contributed by atoms with van der Waals surface area (Å²) in [6, 6.07) is 0. The fourth-order valence-corrected chi connectivity index (χ4v) is 1.18. The Kier molecular flexibility index (Phi) is 2.28. The van der Waals surface area contributed by atoms with Crippen LogP contribution in [0.15, 0.2) is 10.8 Å². The zero-order chi connectivity index (χ0) is 8.43. The van der Waals surface area contributed by atoms with Gasteiger partial charge in [-0.1, -0.05) is 0 Å². The molecule has 0 atom stereocenters. The summed E-state index contributed by atoms with van der Waals surface area (Å²) >= 11 is 3.05. The molecule has 5 heteroatoms. The van der Waals surface area contributed by atoms with Crippen molar-refractivity contribution in [3.63, 3.8) is 0 Å². The van der Waals surface area contributed by atoms with Crippen LogP contribution in [0.2, 0.25) is 0 Å². The average Bonchev–Trinajstić information content (AvgIpc) is 2.30. The molecule has 0 bridgehead atoms. The molecule has 1 N–H and O–H groups in total. The van der Waals surface area contributed by atoms with Crippen molar-refractivity contribution in [1.82, 2.24) is 9.78 Å². The standard InChI is InChI=1S/C6H7BrN2O2/c1-2-9-3-4(6(10)11)5(7)8-9/h3H,2H2,1H3,(H,10,11). The van der Waals surface area contributed by atoms with Crippen molar-refractivity contribution in [2.75, 3.05) is 0 Å². The monoisotopic (exact) mass is 218 g/mol. The topological polar surface area (TPSA) is 55.1 Å². The van der Waals surface area contributed by atoms with Crippen molar-refractivity contribution in [1.29, 1.82) is 0 Å². The zero-order valence-electron chi connectivity index (χ0n) is 5.91. The molecule has 1 rings (SSSR count). The largest absolute Gasteiger partial charge is 0.478 e. The van der Waals surface area contributed by atoms with Gasteiger partial charge in [0, 0.05) is 12.7 Å². The summed E-state index contributed by atoms with van der Waals surface area (Å²) in [5.74, 6) is -0.962. The molecule has 0 aliphatic heterocycles. The summed E-state index contributed by atoms with van der Waals surface area (Å²) in [5, 5.41) is 12.5. The molecule has 0 fully saturated rings. The summed E-state index contributed by atoms with van der Waals surface area (Å²) in [5.41, 5.74) is 0.201. The first-order valence-electron chi connectivity index (χ1n) is 3.11. The van der Waals surface area contributed by atoms with E-state index in [9.17, 15) is 4.79 Å². The highest BCUT2D eigenvalue weighted by Crippen LogP contribution is 2.13. The molecule has 0 radical (unpaired) electrons. The third-order valence-electron chi connectivity index (χ3n) is 1.27. The normalized spacial score (nSPS) is 10.0. The van der Waals surface area contributed by atoms with Crippen molar-refractivity contribution < 1.29 is 9.90 Å². The number of carboxylic acid groups (broad SMARTS) is 1. The number of hydrogen-bond donors (Lipinski definition) is 1. The number of carboxylic acids is 1. The van der Waals surface area contributed by atoms with Crippen LogP contribution in [0.1, 0.15) is 17.3 Å². The molecule has 11 heavy (non-hydrogen) atoms. The second-order valence-corrected chi connectivity index (χ2v) is 2.75. The van der Waals surface area contributed by atoms with Gasteiger partial charge in [0.05, 0.1) is 0 Å². The molecule has 0 saturated carbocycles. The minimum Gasteiger partial charge on any atom is -0.478 e. The van der Waals surface area contributed by atoms with Crippen molar-refractivity contribution in [2.24, 2.45) is 0 Å². The van der Waals surface area contributed by atoms with E-state index in [1.165, 1.54) is 6.20 Å². The van der Waals surface area contributed by atoms with Crippen LogP contribution in [0.25, 0.3) is 0 Å². The second kappa shape index (κ2) is 3.04. The highest BCUT2D eigenvalue weighted by molar-refractivity contribution is 9.10. The highest BCUT2D eigenvalue weighted by Gasteiger charge is 2.11. The maximum absolute atomic E-state index is 10.5. The van der Waals surface area contributed by atoms with Crippen molar-refractivity contribution in [3.05, 3.63) is 16.4 Å². The van der Waals surface area contributed by atoms with Gasteiger partial charge in [0.15, 0.2) is 0 Å². The van der Waals surface area contributed by atoms with Crippen LogP contribution in [-0.4, -0.2) is 20.9 Å². The van der Waals surface area contributed by atoms with E-state index in [1.54, 1.807) is 4.68 Å². The summed E-state index contributed by atoms with van der Waals surface area (Å²) in [4.78, 5) is 10.5. The average molecular weight is 219 g/mol. The Bertz CT molecular complexity index is 282. The van der Waals surface area contributed by atoms with Gasteiger partial charge in [0.1, 0.15) is 10.2 Å². The molecule has 1 aromatic heterocycles. The number of aromatic carboxylic acids is 1. The molecular weight excluding hydrogens is 212 g/mol. The Hall–Kier alpha value is -0.840. The smallest absolute Gasteiger partial charge is 0.340 e. The lowest BCUT2D eigenvalue weighted by molar-refractivity contribution is 0.0696. The molecular formula is C6H7BrN2O2.